The molecule has 2 aromatic carbocycles. The molecule has 0 amide bonds. The molecule has 2 rings (SSSR count). The Bertz CT molecular complexity index is 805. The lowest BCUT2D eigenvalue weighted by Crippen LogP contribution is -2.11. The summed E-state index contributed by atoms with van der Waals surface area (Å²) in [6.07, 6.45) is 1.11. The van der Waals surface area contributed by atoms with Crippen molar-refractivity contribution in [3.63, 3.8) is 0 Å². The lowest BCUT2D eigenvalue weighted by Gasteiger charge is -2.10. The van der Waals surface area contributed by atoms with E-state index in [1.807, 2.05) is 13.0 Å². The van der Waals surface area contributed by atoms with Gasteiger partial charge in [0.05, 0.1) is 0 Å². The highest BCUT2D eigenvalue weighted by molar-refractivity contribution is 7.87. The maximum absolute atomic E-state index is 12.4. The first-order chi connectivity index (χ1) is 10.8. The normalized spacial score (nSPS) is 11.3. The zero-order valence-electron chi connectivity index (χ0n) is 13.5. The summed E-state index contributed by atoms with van der Waals surface area (Å²) in [6.45, 7) is 5.12. The molecular weight excluding hydrogens is 312 g/mol. The van der Waals surface area contributed by atoms with Crippen molar-refractivity contribution in [3.8, 4) is 5.75 Å². The smallest absolute Gasteiger partial charge is 0.339 e. The number of benzene rings is 2. The van der Waals surface area contributed by atoms with Crippen molar-refractivity contribution in [2.75, 3.05) is 0 Å². The average molecular weight is 332 g/mol. The van der Waals surface area contributed by atoms with Crippen LogP contribution in [0, 0.1) is 13.8 Å². The second-order valence-corrected chi connectivity index (χ2v) is 7.17. The number of carbonyl (C=O) groups is 1. The molecule has 0 atom stereocenters. The zero-order chi connectivity index (χ0) is 17.0. The average Bonchev–Trinajstić information content (AvgIpc) is 2.48. The van der Waals surface area contributed by atoms with Crippen molar-refractivity contribution in [1.82, 2.24) is 0 Å². The van der Waals surface area contributed by atoms with Crippen LogP contribution >= 0.6 is 0 Å². The van der Waals surface area contributed by atoms with Crippen LogP contribution in [0.4, 0.5) is 0 Å². The summed E-state index contributed by atoms with van der Waals surface area (Å²) in [5.74, 6) is 0.389. The van der Waals surface area contributed by atoms with Gasteiger partial charge < -0.3 is 8.98 Å². The Kier molecular flexibility index (Phi) is 5.21. The molecular formula is C18H20O4S. The molecule has 0 heterocycles. The molecule has 0 aliphatic heterocycles. The molecule has 5 heteroatoms. The van der Waals surface area contributed by atoms with Gasteiger partial charge in [-0.1, -0.05) is 24.3 Å². The Morgan fingerprint density at radius 1 is 1.04 bits per heavy atom. The topological polar surface area (TPSA) is 60.4 Å². The molecule has 0 N–H and O–H groups in total. The Balaban J connectivity index is 2.17. The predicted molar refractivity (Wildman–Crippen MR) is 89.2 cm³/mol. The Morgan fingerprint density at radius 3 is 2.30 bits per heavy atom. The van der Waals surface area contributed by atoms with E-state index in [1.54, 1.807) is 50.2 Å². The molecule has 0 aromatic heterocycles. The fraction of sp³-hybridized carbons (Fsp3) is 0.278. The van der Waals surface area contributed by atoms with E-state index in [-0.39, 0.29) is 16.4 Å². The van der Waals surface area contributed by atoms with E-state index in [1.165, 1.54) is 0 Å². The molecule has 0 spiro atoms. The minimum absolute atomic E-state index is 0.128. The van der Waals surface area contributed by atoms with Crippen LogP contribution in [0.2, 0.25) is 0 Å². The van der Waals surface area contributed by atoms with Crippen molar-refractivity contribution in [1.29, 1.82) is 0 Å². The summed E-state index contributed by atoms with van der Waals surface area (Å²) in [7, 11) is -3.86. The highest BCUT2D eigenvalue weighted by Crippen LogP contribution is 2.23. The lowest BCUT2D eigenvalue weighted by atomic mass is 10.1. The third-order valence-electron chi connectivity index (χ3n) is 3.51. The van der Waals surface area contributed by atoms with Gasteiger partial charge in [-0.15, -0.1) is 0 Å². The van der Waals surface area contributed by atoms with Crippen LogP contribution in [-0.4, -0.2) is 14.2 Å². The van der Waals surface area contributed by atoms with Crippen LogP contribution in [0.25, 0.3) is 0 Å². The highest BCUT2D eigenvalue weighted by Gasteiger charge is 2.19. The fourth-order valence-electron chi connectivity index (χ4n) is 2.18. The van der Waals surface area contributed by atoms with Gasteiger partial charge >= 0.3 is 10.1 Å². The molecule has 0 fully saturated rings. The van der Waals surface area contributed by atoms with Crippen molar-refractivity contribution in [2.45, 2.75) is 38.5 Å². The Morgan fingerprint density at radius 2 is 1.70 bits per heavy atom. The van der Waals surface area contributed by atoms with Crippen LogP contribution in [0.15, 0.2) is 47.4 Å². The quantitative estimate of drug-likeness (QED) is 0.759. The number of hydrogen-bond acceptors (Lipinski definition) is 4. The monoisotopic (exact) mass is 332 g/mol. The minimum Gasteiger partial charge on any atom is -0.379 e. The molecule has 0 unspecified atom stereocenters. The van der Waals surface area contributed by atoms with Crippen LogP contribution in [-0.2, 0) is 21.3 Å². The standard InChI is InChI=1S/C18H20O4S/c1-13-4-5-14(2)18(12-13)23(20,21)22-17-10-8-16(9-11-17)7-6-15(3)19/h4-5,8-12H,6-7H2,1-3H3. The summed E-state index contributed by atoms with van der Waals surface area (Å²) in [5, 5.41) is 0. The van der Waals surface area contributed by atoms with Crippen LogP contribution in [0.5, 0.6) is 5.75 Å². The third-order valence-corrected chi connectivity index (χ3v) is 4.90. The van der Waals surface area contributed by atoms with Crippen molar-refractivity contribution in [2.24, 2.45) is 0 Å². The number of rotatable bonds is 6. The predicted octanol–water partition coefficient (Wildman–Crippen LogP) is 3.59. The maximum Gasteiger partial charge on any atom is 0.339 e. The lowest BCUT2D eigenvalue weighted by molar-refractivity contribution is -0.116. The van der Waals surface area contributed by atoms with E-state index >= 15 is 0 Å². The molecule has 0 saturated heterocycles. The summed E-state index contributed by atoms with van der Waals surface area (Å²) < 4.78 is 30.0. The molecule has 0 aliphatic carbocycles. The van der Waals surface area contributed by atoms with Gasteiger partial charge in [-0.3, -0.25) is 0 Å². The van der Waals surface area contributed by atoms with Crippen molar-refractivity contribution in [3.05, 3.63) is 59.2 Å². The first kappa shape index (κ1) is 17.2. The van der Waals surface area contributed by atoms with E-state index in [4.69, 9.17) is 4.18 Å². The largest absolute Gasteiger partial charge is 0.379 e. The summed E-state index contributed by atoms with van der Waals surface area (Å²) in [6, 6.07) is 12.0. The molecule has 2 aromatic rings. The molecule has 0 radical (unpaired) electrons. The second kappa shape index (κ2) is 6.96. The van der Waals surface area contributed by atoms with Gasteiger partial charge in [-0.25, -0.2) is 0 Å². The summed E-state index contributed by atoms with van der Waals surface area (Å²) in [4.78, 5) is 11.2. The van der Waals surface area contributed by atoms with Gasteiger partial charge in [0.1, 0.15) is 16.4 Å². The second-order valence-electron chi connectivity index (χ2n) is 5.65. The van der Waals surface area contributed by atoms with Crippen LogP contribution in [0.3, 0.4) is 0 Å². The molecule has 0 saturated carbocycles. The van der Waals surface area contributed by atoms with Gasteiger partial charge in [-0.2, -0.15) is 8.42 Å². The van der Waals surface area contributed by atoms with Crippen LogP contribution in [0.1, 0.15) is 30.0 Å². The number of ketones is 1. The Hall–Kier alpha value is -2.14. The number of Topliss-reactive ketones (excluding diaryl/α,β-unsaturated/α-hetero) is 1. The summed E-state index contributed by atoms with van der Waals surface area (Å²) in [5.41, 5.74) is 2.47. The van der Waals surface area contributed by atoms with E-state index in [0.717, 1.165) is 11.1 Å². The Labute approximate surface area is 137 Å². The molecule has 23 heavy (non-hydrogen) atoms. The first-order valence-electron chi connectivity index (χ1n) is 7.38. The van der Waals surface area contributed by atoms with Gasteiger partial charge in [0.15, 0.2) is 0 Å². The minimum atomic E-state index is -3.86. The maximum atomic E-state index is 12.4. The van der Waals surface area contributed by atoms with E-state index < -0.39 is 10.1 Å². The van der Waals surface area contributed by atoms with Crippen molar-refractivity contribution >= 4 is 15.9 Å². The fourth-order valence-corrected chi connectivity index (χ4v) is 3.43. The SMILES string of the molecule is CC(=O)CCc1ccc(OS(=O)(=O)c2cc(C)ccc2C)cc1. The van der Waals surface area contributed by atoms with Gasteiger partial charge in [-0.05, 0) is 62.1 Å². The molecule has 0 bridgehead atoms. The first-order valence-corrected chi connectivity index (χ1v) is 8.79. The van der Waals surface area contributed by atoms with E-state index in [2.05, 4.69) is 0 Å². The number of aryl methyl sites for hydroxylation is 3. The number of carbonyl (C=O) groups excluding carboxylic acids is 1. The van der Waals surface area contributed by atoms with Gasteiger partial charge in [0.25, 0.3) is 0 Å². The van der Waals surface area contributed by atoms with Crippen LogP contribution < -0.4 is 4.18 Å². The molecule has 0 aliphatic rings. The van der Waals surface area contributed by atoms with Gasteiger partial charge in [0.2, 0.25) is 0 Å². The van der Waals surface area contributed by atoms with E-state index in [0.29, 0.717) is 18.4 Å². The van der Waals surface area contributed by atoms with Crippen molar-refractivity contribution < 1.29 is 17.4 Å². The third kappa shape index (κ3) is 4.66. The highest BCUT2D eigenvalue weighted by atomic mass is 32.2. The van der Waals surface area contributed by atoms with Gasteiger partial charge in [0, 0.05) is 6.42 Å². The number of hydrogen-bond donors (Lipinski definition) is 0. The molecule has 4 nitrogen and oxygen atoms in total. The van der Waals surface area contributed by atoms with E-state index in [9.17, 15) is 13.2 Å². The summed E-state index contributed by atoms with van der Waals surface area (Å²) >= 11 is 0. The zero-order valence-corrected chi connectivity index (χ0v) is 14.3. The molecule has 122 valence electrons.